The van der Waals surface area contributed by atoms with Gasteiger partial charge in [0, 0.05) is 37.1 Å². The molecule has 27 heavy (non-hydrogen) atoms. The van der Waals surface area contributed by atoms with Crippen LogP contribution in [0.15, 0.2) is 53.7 Å². The van der Waals surface area contributed by atoms with Crippen molar-refractivity contribution in [2.75, 3.05) is 13.7 Å². The Labute approximate surface area is 158 Å². The van der Waals surface area contributed by atoms with Gasteiger partial charge in [0.25, 0.3) is 5.91 Å². The normalized spacial score (nSPS) is 24.7. The Morgan fingerprint density at radius 3 is 2.78 bits per heavy atom. The van der Waals surface area contributed by atoms with Crippen molar-refractivity contribution in [3.8, 4) is 5.75 Å². The highest BCUT2D eigenvalue weighted by Crippen LogP contribution is 2.41. The molecule has 8 heteroatoms. The standard InChI is InChI=1S/C19H21N3O4S/c1-26-16-5-2-6-17(10-16)27(24,25)22-12-14-8-15(22)9-18(14)21-19(23)13-4-3-7-20-11-13/h2-7,10-11,14-15,18H,8-9,12H2,1H3,(H,21,23)/t14-,15-,18-/m0/s1. The van der Waals surface area contributed by atoms with Crippen molar-refractivity contribution < 1.29 is 17.9 Å². The quantitative estimate of drug-likeness (QED) is 0.843. The molecule has 0 radical (unpaired) electrons. The lowest BCUT2D eigenvalue weighted by molar-refractivity contribution is 0.0919. The van der Waals surface area contributed by atoms with Crippen LogP contribution in [0.2, 0.25) is 0 Å². The van der Waals surface area contributed by atoms with Crippen LogP contribution < -0.4 is 10.1 Å². The molecule has 1 saturated heterocycles. The summed E-state index contributed by atoms with van der Waals surface area (Å²) in [4.78, 5) is 16.6. The van der Waals surface area contributed by atoms with Gasteiger partial charge in [-0.25, -0.2) is 8.42 Å². The van der Waals surface area contributed by atoms with Crippen LogP contribution in [0.3, 0.4) is 0 Å². The molecule has 1 saturated carbocycles. The van der Waals surface area contributed by atoms with E-state index in [2.05, 4.69) is 10.3 Å². The zero-order valence-corrected chi connectivity index (χ0v) is 15.7. The van der Waals surface area contributed by atoms with Crippen molar-refractivity contribution in [1.82, 2.24) is 14.6 Å². The molecule has 2 aromatic rings. The van der Waals surface area contributed by atoms with Gasteiger partial charge in [0.2, 0.25) is 10.0 Å². The molecule has 1 aromatic carbocycles. The summed E-state index contributed by atoms with van der Waals surface area (Å²) in [5, 5.41) is 3.04. The fourth-order valence-electron chi connectivity index (χ4n) is 4.03. The number of rotatable bonds is 5. The number of ether oxygens (including phenoxy) is 1. The minimum Gasteiger partial charge on any atom is -0.497 e. The molecule has 0 spiro atoms. The van der Waals surface area contributed by atoms with Crippen molar-refractivity contribution in [3.63, 3.8) is 0 Å². The average molecular weight is 387 g/mol. The molecule has 7 nitrogen and oxygen atoms in total. The SMILES string of the molecule is COc1cccc(S(=O)(=O)N2C[C@@H]3C[C@H]2C[C@@H]3NC(=O)c2cccnc2)c1. The molecule has 1 aromatic heterocycles. The van der Waals surface area contributed by atoms with Crippen LogP contribution in [0, 0.1) is 5.92 Å². The summed E-state index contributed by atoms with van der Waals surface area (Å²) in [6, 6.07) is 9.86. The van der Waals surface area contributed by atoms with Crippen molar-refractivity contribution in [3.05, 3.63) is 54.4 Å². The van der Waals surface area contributed by atoms with Gasteiger partial charge in [-0.3, -0.25) is 9.78 Å². The number of hydrogen-bond donors (Lipinski definition) is 1. The third-order valence-electron chi connectivity index (χ3n) is 5.38. The van der Waals surface area contributed by atoms with E-state index in [-0.39, 0.29) is 28.8 Å². The van der Waals surface area contributed by atoms with Crippen molar-refractivity contribution in [2.45, 2.75) is 29.8 Å². The van der Waals surface area contributed by atoms with E-state index in [0.29, 0.717) is 24.3 Å². The van der Waals surface area contributed by atoms with E-state index in [0.717, 1.165) is 6.42 Å². The molecule has 4 rings (SSSR count). The van der Waals surface area contributed by atoms with E-state index in [1.54, 1.807) is 46.9 Å². The molecule has 0 unspecified atom stereocenters. The molecule has 2 bridgehead atoms. The summed E-state index contributed by atoms with van der Waals surface area (Å²) in [6.45, 7) is 0.419. The molecule has 1 aliphatic carbocycles. The number of carbonyl (C=O) groups excluding carboxylic acids is 1. The number of aromatic nitrogens is 1. The Balaban J connectivity index is 1.46. The maximum absolute atomic E-state index is 13.0. The fraction of sp³-hybridized carbons (Fsp3) is 0.368. The van der Waals surface area contributed by atoms with E-state index in [9.17, 15) is 13.2 Å². The Bertz CT molecular complexity index is 948. The number of benzene rings is 1. The second-order valence-corrected chi connectivity index (χ2v) is 8.85. The number of carbonyl (C=O) groups is 1. The van der Waals surface area contributed by atoms with Crippen LogP contribution in [0.4, 0.5) is 0 Å². The van der Waals surface area contributed by atoms with Gasteiger partial charge in [-0.2, -0.15) is 4.31 Å². The van der Waals surface area contributed by atoms with Gasteiger partial charge in [-0.15, -0.1) is 0 Å². The number of nitrogens with zero attached hydrogens (tertiary/aromatic N) is 2. The van der Waals surface area contributed by atoms with E-state index in [4.69, 9.17) is 4.74 Å². The maximum atomic E-state index is 13.0. The zero-order valence-electron chi connectivity index (χ0n) is 14.9. The summed E-state index contributed by atoms with van der Waals surface area (Å²) in [6.07, 6.45) is 4.54. The third kappa shape index (κ3) is 3.30. The highest BCUT2D eigenvalue weighted by molar-refractivity contribution is 7.89. The zero-order chi connectivity index (χ0) is 19.0. The number of nitrogens with one attached hydrogen (secondary N) is 1. The van der Waals surface area contributed by atoms with Gasteiger partial charge in [-0.1, -0.05) is 6.07 Å². The number of piperidine rings is 1. The predicted octanol–water partition coefficient (Wildman–Crippen LogP) is 1.67. The Morgan fingerprint density at radius 1 is 1.26 bits per heavy atom. The van der Waals surface area contributed by atoms with E-state index in [1.807, 2.05) is 0 Å². The number of methoxy groups -OCH3 is 1. The highest BCUT2D eigenvalue weighted by Gasteiger charge is 2.49. The summed E-state index contributed by atoms with van der Waals surface area (Å²) in [5.41, 5.74) is 0.515. The van der Waals surface area contributed by atoms with Gasteiger partial charge in [-0.05, 0) is 43.0 Å². The monoisotopic (exact) mass is 387 g/mol. The van der Waals surface area contributed by atoms with Crippen LogP contribution >= 0.6 is 0 Å². The Morgan fingerprint density at radius 2 is 2.11 bits per heavy atom. The van der Waals surface area contributed by atoms with Crippen LogP contribution in [-0.4, -0.2) is 49.4 Å². The first-order chi connectivity index (χ1) is 13.0. The van der Waals surface area contributed by atoms with Crippen molar-refractivity contribution in [2.24, 2.45) is 5.92 Å². The van der Waals surface area contributed by atoms with Gasteiger partial charge >= 0.3 is 0 Å². The Hall–Kier alpha value is -2.45. The lowest BCUT2D eigenvalue weighted by atomic mass is 10.0. The van der Waals surface area contributed by atoms with Crippen LogP contribution in [0.1, 0.15) is 23.2 Å². The minimum atomic E-state index is -3.58. The van der Waals surface area contributed by atoms with E-state index < -0.39 is 10.0 Å². The number of hydrogen-bond acceptors (Lipinski definition) is 5. The number of fused-ring (bicyclic) bond motifs is 2. The van der Waals surface area contributed by atoms with E-state index in [1.165, 1.54) is 13.3 Å². The number of pyridine rings is 1. The lowest BCUT2D eigenvalue weighted by Crippen LogP contribution is -2.47. The summed E-state index contributed by atoms with van der Waals surface area (Å²) in [7, 11) is -2.06. The first-order valence-electron chi connectivity index (χ1n) is 8.86. The van der Waals surface area contributed by atoms with Crippen LogP contribution in [0.5, 0.6) is 5.75 Å². The molecular formula is C19H21N3O4S. The van der Waals surface area contributed by atoms with Gasteiger partial charge in [0.05, 0.1) is 17.6 Å². The van der Waals surface area contributed by atoms with Gasteiger partial charge < -0.3 is 10.1 Å². The molecule has 2 heterocycles. The smallest absolute Gasteiger partial charge is 0.253 e. The molecule has 1 N–H and O–H groups in total. The largest absolute Gasteiger partial charge is 0.497 e. The second-order valence-electron chi connectivity index (χ2n) is 6.96. The molecule has 1 aliphatic heterocycles. The molecular weight excluding hydrogens is 366 g/mol. The summed E-state index contributed by atoms with van der Waals surface area (Å²) < 4.78 is 32.7. The average Bonchev–Trinajstić information content (AvgIpc) is 3.29. The molecule has 1 amide bonds. The van der Waals surface area contributed by atoms with Crippen molar-refractivity contribution in [1.29, 1.82) is 0 Å². The molecule has 2 aliphatic rings. The lowest BCUT2D eigenvalue weighted by Gasteiger charge is -2.31. The Kier molecular flexibility index (Phi) is 4.61. The second kappa shape index (κ2) is 6.94. The first-order valence-corrected chi connectivity index (χ1v) is 10.3. The van der Waals surface area contributed by atoms with Gasteiger partial charge in [0.15, 0.2) is 0 Å². The highest BCUT2D eigenvalue weighted by atomic mass is 32.2. The summed E-state index contributed by atoms with van der Waals surface area (Å²) >= 11 is 0. The summed E-state index contributed by atoms with van der Waals surface area (Å²) in [5.74, 6) is 0.473. The predicted molar refractivity (Wildman–Crippen MR) is 98.9 cm³/mol. The third-order valence-corrected chi connectivity index (χ3v) is 7.29. The van der Waals surface area contributed by atoms with Crippen LogP contribution in [-0.2, 0) is 10.0 Å². The minimum absolute atomic E-state index is 0.0144. The topological polar surface area (TPSA) is 88.6 Å². The molecule has 3 atom stereocenters. The molecule has 142 valence electrons. The number of amides is 1. The molecule has 2 fully saturated rings. The fourth-order valence-corrected chi connectivity index (χ4v) is 5.77. The van der Waals surface area contributed by atoms with Crippen LogP contribution in [0.25, 0.3) is 0 Å². The number of sulfonamides is 1. The van der Waals surface area contributed by atoms with Gasteiger partial charge in [0.1, 0.15) is 5.75 Å². The first kappa shape index (κ1) is 17.9. The van der Waals surface area contributed by atoms with Crippen molar-refractivity contribution >= 4 is 15.9 Å². The maximum Gasteiger partial charge on any atom is 0.253 e. The van der Waals surface area contributed by atoms with E-state index >= 15 is 0 Å².